The van der Waals surface area contributed by atoms with E-state index in [2.05, 4.69) is 0 Å². The molecule has 1 aliphatic rings. The largest absolute Gasteiger partial charge is 0.497 e. The van der Waals surface area contributed by atoms with Crippen LogP contribution in [0.5, 0.6) is 11.5 Å². The molecule has 2 N–H and O–H groups in total. The van der Waals surface area contributed by atoms with Crippen LogP contribution in [0, 0.1) is 0 Å². The van der Waals surface area contributed by atoms with Crippen LogP contribution in [0.1, 0.15) is 6.42 Å². The lowest BCUT2D eigenvalue weighted by Crippen LogP contribution is -2.16. The molecule has 1 aromatic rings. The number of methoxy groups -OCH3 is 1. The van der Waals surface area contributed by atoms with Crippen molar-refractivity contribution in [1.82, 2.24) is 0 Å². The van der Waals surface area contributed by atoms with E-state index in [9.17, 15) is 0 Å². The SMILES string of the molecule is COc1ccc(N)c(OC2CCOC2)c1. The van der Waals surface area contributed by atoms with Crippen LogP contribution in [-0.2, 0) is 4.74 Å². The fourth-order valence-corrected chi connectivity index (χ4v) is 1.53. The average molecular weight is 209 g/mol. The van der Waals surface area contributed by atoms with Crippen LogP contribution in [-0.4, -0.2) is 26.4 Å². The van der Waals surface area contributed by atoms with Gasteiger partial charge in [0.15, 0.2) is 0 Å². The molecule has 0 saturated carbocycles. The molecule has 4 heteroatoms. The average Bonchev–Trinajstić information content (AvgIpc) is 2.74. The van der Waals surface area contributed by atoms with Crippen LogP contribution >= 0.6 is 0 Å². The normalized spacial score (nSPS) is 20.2. The molecule has 1 heterocycles. The molecule has 0 spiro atoms. The Morgan fingerprint density at radius 3 is 3.00 bits per heavy atom. The summed E-state index contributed by atoms with van der Waals surface area (Å²) in [6, 6.07) is 5.39. The third-order valence-electron chi connectivity index (χ3n) is 2.40. The van der Waals surface area contributed by atoms with Gasteiger partial charge in [-0.15, -0.1) is 0 Å². The van der Waals surface area contributed by atoms with Crippen LogP contribution in [0.3, 0.4) is 0 Å². The Morgan fingerprint density at radius 1 is 1.47 bits per heavy atom. The van der Waals surface area contributed by atoms with Gasteiger partial charge in [-0.1, -0.05) is 0 Å². The Balaban J connectivity index is 2.11. The van der Waals surface area contributed by atoms with Gasteiger partial charge in [-0.05, 0) is 12.1 Å². The molecule has 1 aliphatic heterocycles. The zero-order chi connectivity index (χ0) is 10.7. The molecular weight excluding hydrogens is 194 g/mol. The maximum absolute atomic E-state index is 5.80. The molecule has 2 rings (SSSR count). The van der Waals surface area contributed by atoms with Crippen LogP contribution in [0.15, 0.2) is 18.2 Å². The first kappa shape index (κ1) is 10.1. The third-order valence-corrected chi connectivity index (χ3v) is 2.40. The second kappa shape index (κ2) is 4.40. The molecule has 0 amide bonds. The summed E-state index contributed by atoms with van der Waals surface area (Å²) in [5.74, 6) is 1.42. The maximum Gasteiger partial charge on any atom is 0.146 e. The monoisotopic (exact) mass is 209 g/mol. The number of nitrogen functional groups attached to an aromatic ring is 1. The molecule has 82 valence electrons. The van der Waals surface area contributed by atoms with Crippen LogP contribution < -0.4 is 15.2 Å². The van der Waals surface area contributed by atoms with Gasteiger partial charge in [-0.3, -0.25) is 0 Å². The topological polar surface area (TPSA) is 53.7 Å². The van der Waals surface area contributed by atoms with Crippen molar-refractivity contribution in [2.24, 2.45) is 0 Å². The van der Waals surface area contributed by atoms with E-state index in [1.54, 1.807) is 19.2 Å². The van der Waals surface area contributed by atoms with Gasteiger partial charge in [0.2, 0.25) is 0 Å². The van der Waals surface area contributed by atoms with Crippen molar-refractivity contribution in [2.45, 2.75) is 12.5 Å². The van der Waals surface area contributed by atoms with E-state index in [0.717, 1.165) is 18.8 Å². The van der Waals surface area contributed by atoms with Crippen LogP contribution in [0.25, 0.3) is 0 Å². The van der Waals surface area contributed by atoms with Gasteiger partial charge < -0.3 is 19.9 Å². The standard InChI is InChI=1S/C11H15NO3/c1-13-8-2-3-10(12)11(6-8)15-9-4-5-14-7-9/h2-3,6,9H,4-5,7,12H2,1H3. The molecule has 4 nitrogen and oxygen atoms in total. The van der Waals surface area contributed by atoms with Crippen molar-refractivity contribution in [2.75, 3.05) is 26.1 Å². The van der Waals surface area contributed by atoms with Crippen molar-refractivity contribution in [3.63, 3.8) is 0 Å². The van der Waals surface area contributed by atoms with Crippen molar-refractivity contribution in [1.29, 1.82) is 0 Å². The van der Waals surface area contributed by atoms with E-state index < -0.39 is 0 Å². The molecular formula is C11H15NO3. The fraction of sp³-hybridized carbons (Fsp3) is 0.455. The van der Waals surface area contributed by atoms with E-state index in [0.29, 0.717) is 18.0 Å². The second-order valence-corrected chi connectivity index (χ2v) is 3.51. The molecule has 1 fully saturated rings. The lowest BCUT2D eigenvalue weighted by Gasteiger charge is -2.14. The lowest BCUT2D eigenvalue weighted by molar-refractivity contribution is 0.141. The smallest absolute Gasteiger partial charge is 0.146 e. The van der Waals surface area contributed by atoms with Crippen LogP contribution in [0.2, 0.25) is 0 Å². The summed E-state index contributed by atoms with van der Waals surface area (Å²) in [5.41, 5.74) is 6.43. The van der Waals surface area contributed by atoms with Gasteiger partial charge in [0.25, 0.3) is 0 Å². The van der Waals surface area contributed by atoms with Gasteiger partial charge in [-0.25, -0.2) is 0 Å². The minimum atomic E-state index is 0.111. The van der Waals surface area contributed by atoms with Crippen LogP contribution in [0.4, 0.5) is 5.69 Å². The molecule has 0 aromatic heterocycles. The molecule has 1 unspecified atom stereocenters. The molecule has 0 aliphatic carbocycles. The number of anilines is 1. The summed E-state index contributed by atoms with van der Waals surface area (Å²) in [5, 5.41) is 0. The van der Waals surface area contributed by atoms with Gasteiger partial charge >= 0.3 is 0 Å². The zero-order valence-electron chi connectivity index (χ0n) is 8.73. The Kier molecular flexibility index (Phi) is 2.97. The molecule has 1 aromatic carbocycles. The minimum Gasteiger partial charge on any atom is -0.497 e. The highest BCUT2D eigenvalue weighted by Gasteiger charge is 2.18. The number of ether oxygens (including phenoxy) is 3. The summed E-state index contributed by atoms with van der Waals surface area (Å²) in [7, 11) is 1.62. The van der Waals surface area contributed by atoms with Crippen molar-refractivity contribution in [3.8, 4) is 11.5 Å². The summed E-state index contributed by atoms with van der Waals surface area (Å²) in [4.78, 5) is 0. The van der Waals surface area contributed by atoms with E-state index in [1.807, 2.05) is 6.07 Å². The Bertz CT molecular complexity index is 335. The summed E-state index contributed by atoms with van der Waals surface area (Å²) in [6.45, 7) is 1.39. The summed E-state index contributed by atoms with van der Waals surface area (Å²) < 4.78 is 16.1. The first-order valence-electron chi connectivity index (χ1n) is 4.97. The highest BCUT2D eigenvalue weighted by Crippen LogP contribution is 2.28. The Hall–Kier alpha value is -1.42. The van der Waals surface area contributed by atoms with Gasteiger partial charge in [0.1, 0.15) is 17.6 Å². The van der Waals surface area contributed by atoms with E-state index >= 15 is 0 Å². The number of rotatable bonds is 3. The molecule has 0 radical (unpaired) electrons. The maximum atomic E-state index is 5.80. The first-order valence-corrected chi connectivity index (χ1v) is 4.97. The molecule has 0 bridgehead atoms. The van der Waals surface area contributed by atoms with Crippen molar-refractivity contribution in [3.05, 3.63) is 18.2 Å². The highest BCUT2D eigenvalue weighted by molar-refractivity contribution is 5.55. The van der Waals surface area contributed by atoms with Gasteiger partial charge in [-0.2, -0.15) is 0 Å². The Morgan fingerprint density at radius 2 is 2.33 bits per heavy atom. The van der Waals surface area contributed by atoms with Crippen molar-refractivity contribution < 1.29 is 14.2 Å². The predicted octanol–water partition coefficient (Wildman–Crippen LogP) is 1.45. The summed E-state index contributed by atoms with van der Waals surface area (Å²) in [6.07, 6.45) is 1.02. The fourth-order valence-electron chi connectivity index (χ4n) is 1.53. The second-order valence-electron chi connectivity index (χ2n) is 3.51. The first-order chi connectivity index (χ1) is 7.29. The Labute approximate surface area is 88.9 Å². The minimum absolute atomic E-state index is 0.111. The molecule has 15 heavy (non-hydrogen) atoms. The quantitative estimate of drug-likeness (QED) is 0.765. The lowest BCUT2D eigenvalue weighted by atomic mass is 10.2. The number of hydrogen-bond donors (Lipinski definition) is 1. The van der Waals surface area contributed by atoms with E-state index in [-0.39, 0.29) is 6.10 Å². The van der Waals surface area contributed by atoms with Gasteiger partial charge in [0, 0.05) is 12.5 Å². The predicted molar refractivity (Wildman–Crippen MR) is 57.3 cm³/mol. The molecule has 1 atom stereocenters. The summed E-state index contributed by atoms with van der Waals surface area (Å²) >= 11 is 0. The number of benzene rings is 1. The van der Waals surface area contributed by atoms with Gasteiger partial charge in [0.05, 0.1) is 26.0 Å². The third kappa shape index (κ3) is 2.33. The van der Waals surface area contributed by atoms with E-state index in [4.69, 9.17) is 19.9 Å². The number of hydrogen-bond acceptors (Lipinski definition) is 4. The molecule has 1 saturated heterocycles. The number of nitrogens with two attached hydrogens (primary N) is 1. The zero-order valence-corrected chi connectivity index (χ0v) is 8.73. The van der Waals surface area contributed by atoms with E-state index in [1.165, 1.54) is 0 Å². The van der Waals surface area contributed by atoms with Crippen molar-refractivity contribution >= 4 is 5.69 Å². The highest BCUT2D eigenvalue weighted by atomic mass is 16.5.